The van der Waals surface area contributed by atoms with Gasteiger partial charge < -0.3 is 4.42 Å². The van der Waals surface area contributed by atoms with Crippen LogP contribution in [0, 0.1) is 18.6 Å². The van der Waals surface area contributed by atoms with Crippen molar-refractivity contribution in [1.29, 1.82) is 0 Å². The maximum atomic E-state index is 14.6. The Morgan fingerprint density at radius 3 is 2.48 bits per heavy atom. The molecule has 3 aromatic heterocycles. The Morgan fingerprint density at radius 1 is 0.903 bits per heavy atom. The van der Waals surface area contributed by atoms with Crippen LogP contribution >= 0.6 is 0 Å². The summed E-state index contributed by atoms with van der Waals surface area (Å²) >= 11 is 0. The summed E-state index contributed by atoms with van der Waals surface area (Å²) in [7, 11) is 0. The first-order valence-electron chi connectivity index (χ1n) is 10.2. The first kappa shape index (κ1) is 19.4. The minimum absolute atomic E-state index is 0.280. The van der Waals surface area contributed by atoms with Crippen LogP contribution in [0.4, 0.5) is 8.78 Å². The highest BCUT2D eigenvalue weighted by Gasteiger charge is 2.21. The third kappa shape index (κ3) is 3.17. The van der Waals surface area contributed by atoms with Gasteiger partial charge in [-0.1, -0.05) is 32.0 Å². The molecule has 0 aliphatic rings. The van der Waals surface area contributed by atoms with Crippen molar-refractivity contribution in [2.75, 3.05) is 0 Å². The molecule has 0 spiro atoms. The lowest BCUT2D eigenvalue weighted by Gasteiger charge is -2.12. The van der Waals surface area contributed by atoms with Gasteiger partial charge >= 0.3 is 0 Å². The van der Waals surface area contributed by atoms with Crippen molar-refractivity contribution in [3.05, 3.63) is 83.7 Å². The highest BCUT2D eigenvalue weighted by atomic mass is 19.1. The van der Waals surface area contributed by atoms with Gasteiger partial charge in [-0.3, -0.25) is 4.98 Å². The van der Waals surface area contributed by atoms with Crippen molar-refractivity contribution >= 4 is 22.1 Å². The van der Waals surface area contributed by atoms with Crippen molar-refractivity contribution in [2.24, 2.45) is 0 Å². The molecular weight excluding hydrogens is 394 g/mol. The summed E-state index contributed by atoms with van der Waals surface area (Å²) in [4.78, 5) is 9.27. The number of pyridine rings is 2. The summed E-state index contributed by atoms with van der Waals surface area (Å²) in [5.74, 6) is -0.969. The van der Waals surface area contributed by atoms with Crippen LogP contribution in [0.5, 0.6) is 0 Å². The van der Waals surface area contributed by atoms with Crippen molar-refractivity contribution in [1.82, 2.24) is 9.97 Å². The molecule has 3 heterocycles. The number of halogens is 2. The number of hydrogen-bond donors (Lipinski definition) is 0. The van der Waals surface area contributed by atoms with Crippen LogP contribution < -0.4 is 0 Å². The Kier molecular flexibility index (Phi) is 4.54. The number of hydrogen-bond acceptors (Lipinski definition) is 3. The van der Waals surface area contributed by atoms with E-state index < -0.39 is 11.6 Å². The Hall–Kier alpha value is -3.60. The molecule has 2 aromatic carbocycles. The van der Waals surface area contributed by atoms with Crippen LogP contribution in [-0.4, -0.2) is 9.97 Å². The molecule has 0 saturated heterocycles. The third-order valence-electron chi connectivity index (χ3n) is 5.59. The fraction of sp³-hybridized carbons (Fsp3) is 0.154. The summed E-state index contributed by atoms with van der Waals surface area (Å²) in [6.07, 6.45) is 1.66. The van der Waals surface area contributed by atoms with Gasteiger partial charge in [-0.15, -0.1) is 0 Å². The Labute approximate surface area is 178 Å². The van der Waals surface area contributed by atoms with Gasteiger partial charge in [0.25, 0.3) is 0 Å². The second kappa shape index (κ2) is 7.27. The molecule has 3 nitrogen and oxygen atoms in total. The van der Waals surface area contributed by atoms with Gasteiger partial charge in [0, 0.05) is 45.4 Å². The van der Waals surface area contributed by atoms with E-state index in [1.807, 2.05) is 31.2 Å². The van der Waals surface area contributed by atoms with E-state index in [9.17, 15) is 8.78 Å². The molecule has 5 rings (SSSR count). The lowest BCUT2D eigenvalue weighted by Crippen LogP contribution is -1.94. The van der Waals surface area contributed by atoms with E-state index in [4.69, 9.17) is 9.40 Å². The summed E-state index contributed by atoms with van der Waals surface area (Å²) in [6.45, 7) is 6.14. The van der Waals surface area contributed by atoms with Gasteiger partial charge in [0.15, 0.2) is 0 Å². The highest BCUT2D eigenvalue weighted by Crippen LogP contribution is 2.41. The van der Waals surface area contributed by atoms with Crippen LogP contribution in [-0.2, 0) is 0 Å². The average molecular weight is 414 g/mol. The molecule has 0 N–H and O–H groups in total. The summed E-state index contributed by atoms with van der Waals surface area (Å²) in [5.41, 5.74) is 5.35. The van der Waals surface area contributed by atoms with Crippen LogP contribution in [0.3, 0.4) is 0 Å². The molecule has 0 unspecified atom stereocenters. The molecule has 0 saturated carbocycles. The zero-order chi connectivity index (χ0) is 21.7. The van der Waals surface area contributed by atoms with E-state index in [-0.39, 0.29) is 11.5 Å². The molecule has 0 bridgehead atoms. The SMILES string of the molecule is Cc1ccc2c(oc3nc(C(C)C)ccc32)c1-c1ncccc1-c1ccc(F)cc1F. The van der Waals surface area contributed by atoms with Gasteiger partial charge in [0.05, 0.1) is 5.69 Å². The number of aryl methyl sites for hydroxylation is 1. The van der Waals surface area contributed by atoms with Crippen LogP contribution in [0.2, 0.25) is 0 Å². The van der Waals surface area contributed by atoms with E-state index in [2.05, 4.69) is 18.8 Å². The van der Waals surface area contributed by atoms with Gasteiger partial charge in [-0.05, 0) is 48.7 Å². The maximum absolute atomic E-state index is 14.6. The molecule has 31 heavy (non-hydrogen) atoms. The van der Waals surface area contributed by atoms with Gasteiger partial charge in [-0.2, -0.15) is 0 Å². The lowest BCUT2D eigenvalue weighted by atomic mass is 9.94. The van der Waals surface area contributed by atoms with E-state index in [1.54, 1.807) is 18.3 Å². The minimum Gasteiger partial charge on any atom is -0.437 e. The summed E-state index contributed by atoms with van der Waals surface area (Å²) < 4.78 is 34.4. The number of nitrogens with zero attached hydrogens (tertiary/aromatic N) is 2. The van der Waals surface area contributed by atoms with Crippen molar-refractivity contribution in [3.8, 4) is 22.4 Å². The zero-order valence-electron chi connectivity index (χ0n) is 17.4. The predicted octanol–water partition coefficient (Wildman–Crippen LogP) is 7.42. The van der Waals surface area contributed by atoms with Gasteiger partial charge in [-0.25, -0.2) is 13.8 Å². The Bertz CT molecular complexity index is 1450. The van der Waals surface area contributed by atoms with E-state index in [1.165, 1.54) is 12.1 Å². The number of rotatable bonds is 3. The smallest absolute Gasteiger partial charge is 0.227 e. The third-order valence-corrected chi connectivity index (χ3v) is 5.59. The maximum Gasteiger partial charge on any atom is 0.227 e. The topological polar surface area (TPSA) is 38.9 Å². The zero-order valence-corrected chi connectivity index (χ0v) is 17.4. The van der Waals surface area contributed by atoms with Crippen LogP contribution in [0.15, 0.2) is 65.2 Å². The van der Waals surface area contributed by atoms with Crippen molar-refractivity contribution < 1.29 is 13.2 Å². The summed E-state index contributed by atoms with van der Waals surface area (Å²) in [6, 6.07) is 15.2. The molecule has 0 amide bonds. The Balaban J connectivity index is 1.82. The molecule has 0 atom stereocenters. The largest absolute Gasteiger partial charge is 0.437 e. The second-order valence-corrected chi connectivity index (χ2v) is 8.00. The Morgan fingerprint density at radius 2 is 1.71 bits per heavy atom. The van der Waals surface area contributed by atoms with E-state index in [0.717, 1.165) is 33.7 Å². The predicted molar refractivity (Wildman–Crippen MR) is 119 cm³/mol. The lowest BCUT2D eigenvalue weighted by molar-refractivity contribution is 0.585. The minimum atomic E-state index is -0.632. The monoisotopic (exact) mass is 414 g/mol. The fourth-order valence-electron chi connectivity index (χ4n) is 3.98. The normalized spacial score (nSPS) is 11.7. The van der Waals surface area contributed by atoms with Crippen LogP contribution in [0.1, 0.15) is 31.0 Å². The first-order chi connectivity index (χ1) is 14.9. The number of furan rings is 1. The molecule has 0 fully saturated rings. The molecule has 154 valence electrons. The molecule has 0 aliphatic heterocycles. The number of fused-ring (bicyclic) bond motifs is 3. The van der Waals surface area contributed by atoms with Crippen LogP contribution in [0.25, 0.3) is 44.5 Å². The number of benzene rings is 2. The quantitative estimate of drug-likeness (QED) is 0.308. The first-order valence-corrected chi connectivity index (χ1v) is 10.2. The van der Waals surface area contributed by atoms with E-state index in [0.29, 0.717) is 22.6 Å². The van der Waals surface area contributed by atoms with E-state index >= 15 is 0 Å². The van der Waals surface area contributed by atoms with Crippen molar-refractivity contribution in [3.63, 3.8) is 0 Å². The number of aromatic nitrogens is 2. The standard InChI is InChI=1S/C26H20F2N2O/c1-14(2)22-11-10-20-19-8-6-15(3)23(25(19)31-26(20)30-22)24-18(5-4-12-29-24)17-9-7-16(27)13-21(17)28/h4-14H,1-3H3. The molecule has 0 aliphatic carbocycles. The molecule has 5 heteroatoms. The van der Waals surface area contributed by atoms with Gasteiger partial charge in [0.2, 0.25) is 5.71 Å². The average Bonchev–Trinajstić information content (AvgIpc) is 3.11. The highest BCUT2D eigenvalue weighted by molar-refractivity contribution is 6.10. The molecular formula is C26H20F2N2O. The fourth-order valence-corrected chi connectivity index (χ4v) is 3.98. The molecule has 5 aromatic rings. The van der Waals surface area contributed by atoms with Crippen molar-refractivity contribution in [2.45, 2.75) is 26.7 Å². The van der Waals surface area contributed by atoms with Gasteiger partial charge in [0.1, 0.15) is 17.2 Å². The summed E-state index contributed by atoms with van der Waals surface area (Å²) in [5, 5.41) is 1.85. The molecule has 0 radical (unpaired) electrons. The second-order valence-electron chi connectivity index (χ2n) is 8.00.